The number of rotatable bonds is 2. The molecule has 1 aliphatic carbocycles. The van der Waals surface area contributed by atoms with Gasteiger partial charge in [-0.15, -0.1) is 0 Å². The number of ether oxygens (including phenoxy) is 1. The molecule has 0 N–H and O–H groups in total. The summed E-state index contributed by atoms with van der Waals surface area (Å²) in [4.78, 5) is 14.5. The van der Waals surface area contributed by atoms with Crippen molar-refractivity contribution in [1.29, 1.82) is 0 Å². The molecular formula is C16H21NO2. The zero-order valence-corrected chi connectivity index (χ0v) is 11.5. The van der Waals surface area contributed by atoms with Crippen molar-refractivity contribution in [3.63, 3.8) is 0 Å². The first kappa shape index (κ1) is 12.5. The van der Waals surface area contributed by atoms with Gasteiger partial charge in [0.05, 0.1) is 5.92 Å². The Balaban J connectivity index is 1.68. The van der Waals surface area contributed by atoms with E-state index < -0.39 is 0 Å². The van der Waals surface area contributed by atoms with E-state index in [0.29, 0.717) is 12.6 Å². The van der Waals surface area contributed by atoms with Gasteiger partial charge in [0.25, 0.3) is 0 Å². The third-order valence-corrected chi connectivity index (χ3v) is 4.45. The summed E-state index contributed by atoms with van der Waals surface area (Å²) >= 11 is 0. The molecule has 0 spiro atoms. The van der Waals surface area contributed by atoms with Crippen LogP contribution >= 0.6 is 0 Å². The second-order valence-corrected chi connectivity index (χ2v) is 5.71. The number of fused-ring (bicyclic) bond motifs is 1. The first-order valence-electron chi connectivity index (χ1n) is 7.23. The zero-order chi connectivity index (χ0) is 13.2. The molecule has 1 fully saturated rings. The molecule has 1 amide bonds. The smallest absolute Gasteiger partial charge is 0.229 e. The molecule has 19 heavy (non-hydrogen) atoms. The van der Waals surface area contributed by atoms with Crippen LogP contribution in [0.4, 0.5) is 0 Å². The summed E-state index contributed by atoms with van der Waals surface area (Å²) < 4.78 is 5.72. The molecule has 3 heteroatoms. The minimum Gasteiger partial charge on any atom is -0.492 e. The fourth-order valence-electron chi connectivity index (χ4n) is 3.25. The quantitative estimate of drug-likeness (QED) is 0.817. The van der Waals surface area contributed by atoms with Gasteiger partial charge < -0.3 is 9.64 Å². The maximum Gasteiger partial charge on any atom is 0.229 e. The number of carbonyl (C=O) groups is 1. The van der Waals surface area contributed by atoms with E-state index in [9.17, 15) is 4.79 Å². The zero-order valence-electron chi connectivity index (χ0n) is 11.5. The van der Waals surface area contributed by atoms with Crippen LogP contribution in [0.5, 0.6) is 5.75 Å². The SMILES string of the molecule is CN(C(=O)C1COc2ccccc2C1)C1CCCC1. The van der Waals surface area contributed by atoms with Crippen LogP contribution in [0.2, 0.25) is 0 Å². The number of amides is 1. The van der Waals surface area contributed by atoms with Gasteiger partial charge in [-0.25, -0.2) is 0 Å². The summed E-state index contributed by atoms with van der Waals surface area (Å²) in [5.41, 5.74) is 1.16. The highest BCUT2D eigenvalue weighted by Crippen LogP contribution is 2.29. The molecule has 0 aromatic heterocycles. The minimum absolute atomic E-state index is 0.0134. The van der Waals surface area contributed by atoms with Gasteiger partial charge in [0.15, 0.2) is 0 Å². The van der Waals surface area contributed by atoms with Crippen LogP contribution in [0.15, 0.2) is 24.3 Å². The summed E-state index contributed by atoms with van der Waals surface area (Å²) in [6, 6.07) is 8.48. The van der Waals surface area contributed by atoms with Crippen molar-refractivity contribution in [1.82, 2.24) is 4.90 Å². The van der Waals surface area contributed by atoms with E-state index in [2.05, 4.69) is 6.07 Å². The molecule has 1 saturated carbocycles. The predicted octanol–water partition coefficient (Wildman–Crippen LogP) is 2.64. The Morgan fingerprint density at radius 1 is 1.26 bits per heavy atom. The van der Waals surface area contributed by atoms with Gasteiger partial charge in [0.2, 0.25) is 5.91 Å². The van der Waals surface area contributed by atoms with E-state index in [1.807, 2.05) is 30.1 Å². The average Bonchev–Trinajstić information content (AvgIpc) is 2.99. The van der Waals surface area contributed by atoms with Crippen LogP contribution in [0.3, 0.4) is 0 Å². The average molecular weight is 259 g/mol. The number of carbonyl (C=O) groups excluding carboxylic acids is 1. The number of nitrogens with zero attached hydrogens (tertiary/aromatic N) is 1. The predicted molar refractivity (Wildman–Crippen MR) is 74.2 cm³/mol. The Morgan fingerprint density at radius 3 is 2.79 bits per heavy atom. The molecule has 1 heterocycles. The largest absolute Gasteiger partial charge is 0.492 e. The van der Waals surface area contributed by atoms with Crippen LogP contribution < -0.4 is 4.74 Å². The molecule has 3 rings (SSSR count). The van der Waals surface area contributed by atoms with Crippen molar-refractivity contribution in [2.45, 2.75) is 38.1 Å². The summed E-state index contributed by atoms with van der Waals surface area (Å²) in [7, 11) is 1.96. The van der Waals surface area contributed by atoms with E-state index in [-0.39, 0.29) is 11.8 Å². The Kier molecular flexibility index (Phi) is 3.45. The molecular weight excluding hydrogens is 238 g/mol. The maximum atomic E-state index is 12.5. The van der Waals surface area contributed by atoms with E-state index in [1.54, 1.807) is 0 Å². The standard InChI is InChI=1S/C16H21NO2/c1-17(14-7-3-4-8-14)16(18)13-10-12-6-2-5-9-15(12)19-11-13/h2,5-6,9,13-14H,3-4,7-8,10-11H2,1H3. The van der Waals surface area contributed by atoms with E-state index in [4.69, 9.17) is 4.74 Å². The van der Waals surface area contributed by atoms with Crippen molar-refractivity contribution in [3.05, 3.63) is 29.8 Å². The third kappa shape index (κ3) is 2.46. The third-order valence-electron chi connectivity index (χ3n) is 4.45. The number of hydrogen-bond donors (Lipinski definition) is 0. The van der Waals surface area contributed by atoms with Gasteiger partial charge in [0.1, 0.15) is 12.4 Å². The molecule has 0 radical (unpaired) electrons. The summed E-state index contributed by atoms with van der Waals surface area (Å²) in [6.07, 6.45) is 5.64. The van der Waals surface area contributed by atoms with Crippen LogP contribution in [0, 0.1) is 5.92 Å². The van der Waals surface area contributed by atoms with Crippen molar-refractivity contribution in [3.8, 4) is 5.75 Å². The molecule has 0 saturated heterocycles. The molecule has 1 aromatic rings. The lowest BCUT2D eigenvalue weighted by Gasteiger charge is -2.31. The second kappa shape index (κ2) is 5.24. The van der Waals surface area contributed by atoms with Gasteiger partial charge in [0, 0.05) is 13.1 Å². The van der Waals surface area contributed by atoms with E-state index in [1.165, 1.54) is 12.8 Å². The Morgan fingerprint density at radius 2 is 2.00 bits per heavy atom. The highest BCUT2D eigenvalue weighted by Gasteiger charge is 2.31. The van der Waals surface area contributed by atoms with E-state index in [0.717, 1.165) is 30.6 Å². The monoisotopic (exact) mass is 259 g/mol. The van der Waals surface area contributed by atoms with Crippen LogP contribution in [-0.2, 0) is 11.2 Å². The molecule has 1 atom stereocenters. The fraction of sp³-hybridized carbons (Fsp3) is 0.562. The normalized spacial score (nSPS) is 22.7. The Hall–Kier alpha value is -1.51. The lowest BCUT2D eigenvalue weighted by atomic mass is 9.95. The summed E-state index contributed by atoms with van der Waals surface area (Å²) in [5.74, 6) is 1.18. The number of para-hydroxylation sites is 1. The number of benzene rings is 1. The van der Waals surface area contributed by atoms with E-state index >= 15 is 0 Å². The molecule has 1 unspecified atom stereocenters. The fourth-order valence-corrected chi connectivity index (χ4v) is 3.25. The van der Waals surface area contributed by atoms with Crippen molar-refractivity contribution < 1.29 is 9.53 Å². The maximum absolute atomic E-state index is 12.5. The van der Waals surface area contributed by atoms with Gasteiger partial charge in [-0.05, 0) is 30.9 Å². The Labute approximate surface area is 114 Å². The molecule has 3 nitrogen and oxygen atoms in total. The molecule has 1 aliphatic heterocycles. The Bertz CT molecular complexity index is 466. The first-order valence-corrected chi connectivity index (χ1v) is 7.23. The second-order valence-electron chi connectivity index (χ2n) is 5.71. The van der Waals surface area contributed by atoms with Gasteiger partial charge in [-0.2, -0.15) is 0 Å². The summed E-state index contributed by atoms with van der Waals surface area (Å²) in [6.45, 7) is 0.521. The van der Waals surface area contributed by atoms with Crippen LogP contribution in [0.25, 0.3) is 0 Å². The minimum atomic E-state index is -0.0134. The van der Waals surface area contributed by atoms with Crippen LogP contribution in [-0.4, -0.2) is 30.5 Å². The summed E-state index contributed by atoms with van der Waals surface area (Å²) in [5, 5.41) is 0. The lowest BCUT2D eigenvalue weighted by molar-refractivity contribution is -0.137. The molecule has 2 aliphatic rings. The highest BCUT2D eigenvalue weighted by atomic mass is 16.5. The number of hydrogen-bond acceptors (Lipinski definition) is 2. The first-order chi connectivity index (χ1) is 9.25. The van der Waals surface area contributed by atoms with Gasteiger partial charge >= 0.3 is 0 Å². The molecule has 102 valence electrons. The van der Waals surface area contributed by atoms with Crippen molar-refractivity contribution >= 4 is 5.91 Å². The van der Waals surface area contributed by atoms with Crippen molar-refractivity contribution in [2.24, 2.45) is 5.92 Å². The van der Waals surface area contributed by atoms with Crippen molar-refractivity contribution in [2.75, 3.05) is 13.7 Å². The van der Waals surface area contributed by atoms with Gasteiger partial charge in [-0.1, -0.05) is 31.0 Å². The highest BCUT2D eigenvalue weighted by molar-refractivity contribution is 5.80. The lowest BCUT2D eigenvalue weighted by Crippen LogP contribution is -2.43. The topological polar surface area (TPSA) is 29.5 Å². The van der Waals surface area contributed by atoms with Gasteiger partial charge in [-0.3, -0.25) is 4.79 Å². The molecule has 1 aromatic carbocycles. The van der Waals surface area contributed by atoms with Crippen LogP contribution in [0.1, 0.15) is 31.2 Å². The molecule has 0 bridgehead atoms.